The first-order valence-corrected chi connectivity index (χ1v) is 11.7. The average molecular weight is 570 g/mol. The van der Waals surface area contributed by atoms with Crippen LogP contribution in [0.3, 0.4) is 0 Å². The van der Waals surface area contributed by atoms with Gasteiger partial charge in [-0.15, -0.1) is 0 Å². The normalized spacial score (nSPS) is 13.0. The lowest BCUT2D eigenvalue weighted by atomic mass is 10.0. The van der Waals surface area contributed by atoms with E-state index in [1.54, 1.807) is 12.0 Å². The fourth-order valence-corrected chi connectivity index (χ4v) is 4.23. The number of nitrogens with zero attached hydrogens (tertiary/aromatic N) is 3. The van der Waals surface area contributed by atoms with Gasteiger partial charge in [0.15, 0.2) is 0 Å². The van der Waals surface area contributed by atoms with Crippen LogP contribution in [-0.4, -0.2) is 25.8 Å². The minimum absolute atomic E-state index is 0.0132. The molecular formula is C25H21F7N6O2. The number of aromatic amines is 1. The summed E-state index contributed by atoms with van der Waals surface area (Å²) in [5.41, 5.74) is -0.349. The second kappa shape index (κ2) is 10.6. The van der Waals surface area contributed by atoms with Gasteiger partial charge in [0, 0.05) is 36.2 Å². The molecule has 1 atom stereocenters. The monoisotopic (exact) mass is 570 g/mol. The van der Waals surface area contributed by atoms with Crippen LogP contribution in [-0.2, 0) is 18.9 Å². The topological polar surface area (TPSA) is 119 Å². The molecule has 15 heteroatoms. The average Bonchev–Trinajstić information content (AvgIpc) is 2.84. The molecule has 4 N–H and O–H groups in total. The van der Waals surface area contributed by atoms with Crippen LogP contribution in [0, 0.1) is 5.82 Å². The number of aryl methyl sites for hydroxylation is 1. The molecule has 0 radical (unpaired) electrons. The van der Waals surface area contributed by atoms with E-state index >= 15 is 0 Å². The second-order valence-electron chi connectivity index (χ2n) is 9.06. The molecule has 0 fully saturated rings. The molecule has 0 saturated heterocycles. The Morgan fingerprint density at radius 1 is 1.07 bits per heavy atom. The molecule has 3 heterocycles. The first kappa shape index (κ1) is 28.6. The number of hydrogen-bond donors (Lipinski definition) is 3. The molecule has 1 aromatic carbocycles. The highest BCUT2D eigenvalue weighted by Crippen LogP contribution is 2.35. The molecule has 4 aromatic rings. The van der Waals surface area contributed by atoms with Crippen molar-refractivity contribution in [3.8, 4) is 11.3 Å². The van der Waals surface area contributed by atoms with Gasteiger partial charge in [0.05, 0.1) is 28.5 Å². The Labute approximate surface area is 220 Å². The summed E-state index contributed by atoms with van der Waals surface area (Å²) in [5, 5.41) is 8.09. The van der Waals surface area contributed by atoms with Gasteiger partial charge in [-0.25, -0.2) is 9.49 Å². The summed E-state index contributed by atoms with van der Waals surface area (Å²) < 4.78 is 94.8. The van der Waals surface area contributed by atoms with Crippen molar-refractivity contribution in [2.75, 3.05) is 11.1 Å². The largest absolute Gasteiger partial charge is 0.423 e. The summed E-state index contributed by atoms with van der Waals surface area (Å²) >= 11 is 0. The van der Waals surface area contributed by atoms with Crippen molar-refractivity contribution in [1.29, 1.82) is 0 Å². The number of nitrogens with two attached hydrogens (primary N) is 1. The standard InChI is InChI=1S/C25H21F7N6O2/c1-12(36-20-11-35-37-22(39)21(20)25(30,31)32)3-2-5-38-6-4-13-7-15(17(26)8-14(13)23(38)40)19-9-18(33)16(10-34-19)24(27,28)29/h4,6-12H,2-3,5H2,1H3,(H2,33,34)(H2,36,37,39). The van der Waals surface area contributed by atoms with Gasteiger partial charge in [0.2, 0.25) is 0 Å². The maximum Gasteiger partial charge on any atom is 0.423 e. The molecule has 0 aliphatic rings. The van der Waals surface area contributed by atoms with Crippen molar-refractivity contribution in [1.82, 2.24) is 19.7 Å². The first-order chi connectivity index (χ1) is 18.7. The van der Waals surface area contributed by atoms with Crippen LogP contribution in [0.2, 0.25) is 0 Å². The van der Waals surface area contributed by atoms with Crippen molar-refractivity contribution in [2.24, 2.45) is 0 Å². The van der Waals surface area contributed by atoms with Gasteiger partial charge in [-0.1, -0.05) is 0 Å². The Bertz CT molecular complexity index is 1680. The van der Waals surface area contributed by atoms with Gasteiger partial charge in [-0.3, -0.25) is 14.6 Å². The van der Waals surface area contributed by atoms with Crippen LogP contribution >= 0.6 is 0 Å². The summed E-state index contributed by atoms with van der Waals surface area (Å²) in [6.07, 6.45) is -6.14. The van der Waals surface area contributed by atoms with Crippen LogP contribution in [0.15, 0.2) is 52.4 Å². The molecule has 4 rings (SSSR count). The molecule has 1 unspecified atom stereocenters. The molecule has 0 saturated carbocycles. The number of rotatable bonds is 7. The highest BCUT2D eigenvalue weighted by molar-refractivity contribution is 5.86. The van der Waals surface area contributed by atoms with Crippen molar-refractivity contribution in [3.63, 3.8) is 0 Å². The molecule has 40 heavy (non-hydrogen) atoms. The molecule has 0 bridgehead atoms. The van der Waals surface area contributed by atoms with E-state index in [9.17, 15) is 40.3 Å². The lowest BCUT2D eigenvalue weighted by molar-refractivity contribution is -0.138. The molecular weight excluding hydrogens is 549 g/mol. The third-order valence-electron chi connectivity index (χ3n) is 6.16. The third kappa shape index (κ3) is 5.92. The van der Waals surface area contributed by atoms with Crippen LogP contribution < -0.4 is 22.2 Å². The van der Waals surface area contributed by atoms with Crippen molar-refractivity contribution in [3.05, 3.63) is 80.5 Å². The quantitative estimate of drug-likeness (QED) is 0.264. The van der Waals surface area contributed by atoms with Crippen LogP contribution in [0.5, 0.6) is 0 Å². The van der Waals surface area contributed by atoms with Gasteiger partial charge in [0.1, 0.15) is 11.4 Å². The number of hydrogen-bond acceptors (Lipinski definition) is 6. The van der Waals surface area contributed by atoms with Crippen molar-refractivity contribution in [2.45, 2.75) is 44.7 Å². The second-order valence-corrected chi connectivity index (χ2v) is 9.06. The van der Waals surface area contributed by atoms with Crippen molar-refractivity contribution >= 4 is 22.1 Å². The summed E-state index contributed by atoms with van der Waals surface area (Å²) in [5.74, 6) is -0.890. The number of alkyl halides is 6. The highest BCUT2D eigenvalue weighted by atomic mass is 19.4. The summed E-state index contributed by atoms with van der Waals surface area (Å²) in [6, 6.07) is 4.15. The Hall–Kier alpha value is -4.43. The van der Waals surface area contributed by atoms with Crippen LogP contribution in [0.1, 0.15) is 30.9 Å². The van der Waals surface area contributed by atoms with Gasteiger partial charge in [-0.05, 0) is 49.4 Å². The van der Waals surface area contributed by atoms with E-state index in [0.717, 1.165) is 18.3 Å². The SMILES string of the molecule is CC(CCCn1ccc2cc(-c3cc(N)c(C(F)(F)F)cn3)c(F)cc2c1=O)Nc1cn[nH]c(=O)c1C(F)(F)F. The molecule has 212 valence electrons. The van der Waals surface area contributed by atoms with Gasteiger partial charge in [-0.2, -0.15) is 31.4 Å². The maximum absolute atomic E-state index is 14.9. The lowest BCUT2D eigenvalue weighted by Crippen LogP contribution is -2.27. The zero-order valence-electron chi connectivity index (χ0n) is 20.6. The maximum atomic E-state index is 14.9. The number of nitrogens with one attached hydrogen (secondary N) is 2. The fourth-order valence-electron chi connectivity index (χ4n) is 4.23. The number of fused-ring (bicyclic) bond motifs is 1. The molecule has 0 spiro atoms. The van der Waals surface area contributed by atoms with Crippen molar-refractivity contribution < 1.29 is 30.7 Å². The van der Waals surface area contributed by atoms with Crippen LogP contribution in [0.25, 0.3) is 22.0 Å². The predicted octanol–water partition coefficient (Wildman–Crippen LogP) is 5.19. The van der Waals surface area contributed by atoms with E-state index in [2.05, 4.69) is 15.4 Å². The molecule has 8 nitrogen and oxygen atoms in total. The Morgan fingerprint density at radius 3 is 2.45 bits per heavy atom. The minimum Gasteiger partial charge on any atom is -0.398 e. The van der Waals surface area contributed by atoms with Crippen LogP contribution in [0.4, 0.5) is 42.1 Å². The van der Waals surface area contributed by atoms with Gasteiger partial charge in [0.25, 0.3) is 11.1 Å². The Morgan fingerprint density at radius 2 is 1.80 bits per heavy atom. The van der Waals surface area contributed by atoms with E-state index < -0.39 is 57.8 Å². The van der Waals surface area contributed by atoms with E-state index in [1.165, 1.54) is 22.9 Å². The number of benzene rings is 1. The lowest BCUT2D eigenvalue weighted by Gasteiger charge is -2.18. The smallest absolute Gasteiger partial charge is 0.398 e. The molecule has 0 amide bonds. The number of H-pyrrole nitrogens is 1. The number of pyridine rings is 2. The summed E-state index contributed by atoms with van der Waals surface area (Å²) in [4.78, 5) is 28.2. The van der Waals surface area contributed by atoms with Gasteiger partial charge >= 0.3 is 12.4 Å². The summed E-state index contributed by atoms with van der Waals surface area (Å²) in [7, 11) is 0. The minimum atomic E-state index is -4.89. The fraction of sp³-hybridized carbons (Fsp3) is 0.280. The zero-order chi connectivity index (χ0) is 29.4. The number of aromatic nitrogens is 4. The van der Waals surface area contributed by atoms with Gasteiger partial charge < -0.3 is 15.6 Å². The predicted molar refractivity (Wildman–Crippen MR) is 133 cm³/mol. The third-order valence-corrected chi connectivity index (χ3v) is 6.16. The number of anilines is 2. The molecule has 0 aliphatic carbocycles. The Balaban J connectivity index is 1.50. The van der Waals surface area contributed by atoms with E-state index in [0.29, 0.717) is 24.4 Å². The number of nitrogen functional groups attached to an aromatic ring is 1. The van der Waals surface area contributed by atoms with E-state index in [-0.39, 0.29) is 23.2 Å². The summed E-state index contributed by atoms with van der Waals surface area (Å²) in [6.45, 7) is 1.75. The number of halogens is 7. The molecule has 3 aromatic heterocycles. The zero-order valence-corrected chi connectivity index (χ0v) is 20.6. The Kier molecular flexibility index (Phi) is 7.59. The first-order valence-electron chi connectivity index (χ1n) is 11.7. The molecule has 0 aliphatic heterocycles. The van der Waals surface area contributed by atoms with E-state index in [1.807, 2.05) is 0 Å². The van der Waals surface area contributed by atoms with E-state index in [4.69, 9.17) is 5.73 Å². The highest BCUT2D eigenvalue weighted by Gasteiger charge is 2.37.